The highest BCUT2D eigenvalue weighted by atomic mass is 35.5. The van der Waals surface area contributed by atoms with Gasteiger partial charge < -0.3 is 20.3 Å². The summed E-state index contributed by atoms with van der Waals surface area (Å²) in [6.07, 6.45) is 13.3. The lowest BCUT2D eigenvalue weighted by atomic mass is 9.80. The van der Waals surface area contributed by atoms with Gasteiger partial charge in [0.25, 0.3) is 0 Å². The molecule has 1 saturated carbocycles. The number of anilines is 1. The van der Waals surface area contributed by atoms with Crippen LogP contribution in [-0.4, -0.2) is 48.9 Å². The highest BCUT2D eigenvalue weighted by Gasteiger charge is 2.51. The number of nitrogens with zero attached hydrogens (tertiary/aromatic N) is 4. The van der Waals surface area contributed by atoms with Gasteiger partial charge >= 0.3 is 5.97 Å². The number of nitrogens with two attached hydrogens (primary N) is 1. The number of fused-ring (bicyclic) bond motifs is 1. The minimum Gasteiger partial charge on any atom is -0.458 e. The Morgan fingerprint density at radius 2 is 2.18 bits per heavy atom. The first-order chi connectivity index (χ1) is 15.9. The summed E-state index contributed by atoms with van der Waals surface area (Å²) in [6, 6.07) is 0. The molecule has 33 heavy (non-hydrogen) atoms. The molecule has 9 nitrogen and oxygen atoms in total. The quantitative estimate of drug-likeness (QED) is 0.355. The number of aromatic nitrogens is 4. The second-order valence-corrected chi connectivity index (χ2v) is 9.33. The fourth-order valence-corrected chi connectivity index (χ4v) is 5.07. The van der Waals surface area contributed by atoms with Gasteiger partial charge in [-0.1, -0.05) is 32.1 Å². The van der Waals surface area contributed by atoms with E-state index in [4.69, 9.17) is 33.2 Å². The van der Waals surface area contributed by atoms with Gasteiger partial charge in [0.15, 0.2) is 17.1 Å². The molecule has 2 aromatic rings. The fraction of sp³-hybridized carbons (Fsp3) is 0.652. The average Bonchev–Trinajstić information content (AvgIpc) is 3.39. The molecule has 2 aliphatic rings. The number of ether oxygens (including phenoxy) is 2. The van der Waals surface area contributed by atoms with Crippen LogP contribution in [0.3, 0.4) is 0 Å². The van der Waals surface area contributed by atoms with E-state index < -0.39 is 24.5 Å². The number of hydrogen-bond acceptors (Lipinski definition) is 8. The summed E-state index contributed by atoms with van der Waals surface area (Å²) in [7, 11) is 0. The fourth-order valence-electron chi connectivity index (χ4n) is 4.90. The molecule has 3 N–H and O–H groups in total. The van der Waals surface area contributed by atoms with Crippen LogP contribution in [0.4, 0.5) is 5.82 Å². The van der Waals surface area contributed by atoms with Crippen molar-refractivity contribution < 1.29 is 19.4 Å². The van der Waals surface area contributed by atoms with E-state index in [0.29, 0.717) is 17.1 Å². The molecule has 1 aliphatic heterocycles. The monoisotopic (exact) mass is 475 g/mol. The molecular formula is C23H30ClN5O4. The van der Waals surface area contributed by atoms with E-state index >= 15 is 0 Å². The van der Waals surface area contributed by atoms with Crippen molar-refractivity contribution in [2.24, 2.45) is 11.8 Å². The van der Waals surface area contributed by atoms with E-state index in [1.807, 2.05) is 0 Å². The van der Waals surface area contributed by atoms with E-state index in [9.17, 15) is 9.90 Å². The number of aliphatic hydroxyl groups excluding tert-OH is 1. The maximum Gasteiger partial charge on any atom is 0.309 e. The molecule has 1 saturated heterocycles. The highest BCUT2D eigenvalue weighted by molar-refractivity contribution is 6.28. The maximum atomic E-state index is 13.0. The summed E-state index contributed by atoms with van der Waals surface area (Å²) in [6.45, 7) is 1.70. The van der Waals surface area contributed by atoms with Crippen molar-refractivity contribution in [2.75, 3.05) is 12.3 Å². The van der Waals surface area contributed by atoms with Crippen molar-refractivity contribution >= 4 is 34.6 Å². The summed E-state index contributed by atoms with van der Waals surface area (Å²) >= 11 is 5.97. The number of esters is 1. The molecule has 3 heterocycles. The van der Waals surface area contributed by atoms with Crippen LogP contribution in [0.15, 0.2) is 6.33 Å². The number of imidazole rings is 1. The van der Waals surface area contributed by atoms with Gasteiger partial charge in [0, 0.05) is 6.42 Å². The van der Waals surface area contributed by atoms with E-state index in [1.165, 1.54) is 25.6 Å². The standard InChI is InChI=1S/C23H30ClN5O4/c1-3-5-6-14-7-9-15(10-8-14)21(31)32-16-11-17(33-23(16,4-2)12-30)29-13-26-18-19(25)27-22(24)28-20(18)29/h2,13-17,30H,3,5-12H2,1H3,(H2,25,27,28)/t14-,15-,16-,17+,23+/m0/s1. The topological polar surface area (TPSA) is 125 Å². The molecule has 178 valence electrons. The lowest BCUT2D eigenvalue weighted by Crippen LogP contribution is -2.45. The second-order valence-electron chi connectivity index (χ2n) is 8.99. The van der Waals surface area contributed by atoms with Crippen molar-refractivity contribution in [2.45, 2.75) is 76.2 Å². The normalized spacial score (nSPS) is 29.8. The molecule has 1 aliphatic carbocycles. The first-order valence-electron chi connectivity index (χ1n) is 11.5. The van der Waals surface area contributed by atoms with E-state index in [2.05, 4.69) is 27.8 Å². The Labute approximate surface area is 198 Å². The Morgan fingerprint density at radius 1 is 1.42 bits per heavy atom. The number of halogens is 1. The molecular weight excluding hydrogens is 446 g/mol. The first kappa shape index (κ1) is 23.7. The minimum absolute atomic E-state index is 0.0253. The zero-order valence-corrected chi connectivity index (χ0v) is 19.5. The Hall–Kier alpha value is -2.41. The lowest BCUT2D eigenvalue weighted by molar-refractivity contribution is -0.164. The summed E-state index contributed by atoms with van der Waals surface area (Å²) in [5.74, 6) is 2.90. The Balaban J connectivity index is 1.48. The molecule has 3 atom stereocenters. The zero-order chi connectivity index (χ0) is 23.6. The number of terminal acetylenes is 1. The largest absolute Gasteiger partial charge is 0.458 e. The predicted octanol–water partition coefficient (Wildman–Crippen LogP) is 3.25. The third-order valence-corrected chi connectivity index (χ3v) is 7.07. The Kier molecular flexibility index (Phi) is 7.07. The third-order valence-electron chi connectivity index (χ3n) is 6.90. The third kappa shape index (κ3) is 4.65. The van der Waals surface area contributed by atoms with Crippen LogP contribution in [-0.2, 0) is 14.3 Å². The van der Waals surface area contributed by atoms with Crippen molar-refractivity contribution in [1.82, 2.24) is 19.5 Å². The number of aliphatic hydroxyl groups is 1. The molecule has 0 unspecified atom stereocenters. The van der Waals surface area contributed by atoms with Crippen molar-refractivity contribution in [1.29, 1.82) is 0 Å². The minimum atomic E-state index is -1.46. The Morgan fingerprint density at radius 3 is 2.85 bits per heavy atom. The highest BCUT2D eigenvalue weighted by Crippen LogP contribution is 2.41. The maximum absolute atomic E-state index is 13.0. The Bertz CT molecular complexity index is 1050. The molecule has 2 aromatic heterocycles. The molecule has 0 amide bonds. The molecule has 0 aromatic carbocycles. The van der Waals surface area contributed by atoms with E-state index in [-0.39, 0.29) is 29.4 Å². The van der Waals surface area contributed by atoms with Gasteiger partial charge in [-0.25, -0.2) is 4.98 Å². The summed E-state index contributed by atoms with van der Waals surface area (Å²) in [5, 5.41) is 10.1. The number of hydrogen-bond donors (Lipinski definition) is 2. The molecule has 2 fully saturated rings. The number of rotatable bonds is 7. The van der Waals surface area contributed by atoms with Gasteiger partial charge in [-0.3, -0.25) is 9.36 Å². The lowest BCUT2D eigenvalue weighted by Gasteiger charge is -2.31. The van der Waals surface area contributed by atoms with Crippen molar-refractivity contribution in [3.63, 3.8) is 0 Å². The predicted molar refractivity (Wildman–Crippen MR) is 123 cm³/mol. The second kappa shape index (κ2) is 9.84. The van der Waals surface area contributed by atoms with Crippen LogP contribution in [0.5, 0.6) is 0 Å². The van der Waals surface area contributed by atoms with Gasteiger partial charge in [0.2, 0.25) is 5.28 Å². The average molecular weight is 476 g/mol. The summed E-state index contributed by atoms with van der Waals surface area (Å²) in [4.78, 5) is 25.3. The van der Waals surface area contributed by atoms with E-state index in [0.717, 1.165) is 25.7 Å². The molecule has 0 spiro atoms. The smallest absolute Gasteiger partial charge is 0.309 e. The van der Waals surface area contributed by atoms with Crippen LogP contribution in [0, 0.1) is 24.2 Å². The van der Waals surface area contributed by atoms with Crippen LogP contribution in [0.2, 0.25) is 5.28 Å². The number of unbranched alkanes of at least 4 members (excludes halogenated alkanes) is 1. The SMILES string of the molecule is C#C[C@]1(CO)O[C@@H](n2cnc3c(N)nc(Cl)nc32)C[C@@H]1OC(=O)[C@H]1CC[C@H](CCCC)CC1. The summed E-state index contributed by atoms with van der Waals surface area (Å²) < 4.78 is 13.5. The van der Waals surface area contributed by atoms with Crippen LogP contribution >= 0.6 is 11.6 Å². The van der Waals surface area contributed by atoms with E-state index in [1.54, 1.807) is 4.57 Å². The van der Waals surface area contributed by atoms with Gasteiger partial charge in [0.1, 0.15) is 17.8 Å². The number of carbonyl (C=O) groups excluding carboxylic acids is 1. The van der Waals surface area contributed by atoms with Crippen LogP contribution in [0.1, 0.15) is 64.5 Å². The number of carbonyl (C=O) groups is 1. The molecule has 10 heteroatoms. The van der Waals surface area contributed by atoms with Gasteiger partial charge in [-0.2, -0.15) is 9.97 Å². The first-order valence-corrected chi connectivity index (χ1v) is 11.9. The van der Waals surface area contributed by atoms with Gasteiger partial charge in [0.05, 0.1) is 18.9 Å². The van der Waals surface area contributed by atoms with Crippen LogP contribution < -0.4 is 5.73 Å². The van der Waals surface area contributed by atoms with Gasteiger partial charge in [-0.05, 0) is 43.2 Å². The zero-order valence-electron chi connectivity index (χ0n) is 18.7. The van der Waals surface area contributed by atoms with Crippen LogP contribution in [0.25, 0.3) is 11.2 Å². The molecule has 0 radical (unpaired) electrons. The van der Waals surface area contributed by atoms with Crippen molar-refractivity contribution in [3.8, 4) is 12.3 Å². The number of nitrogen functional groups attached to an aromatic ring is 1. The van der Waals surface area contributed by atoms with Crippen molar-refractivity contribution in [3.05, 3.63) is 11.6 Å². The summed E-state index contributed by atoms with van der Waals surface area (Å²) in [5.41, 5.74) is 5.18. The molecule has 0 bridgehead atoms. The van der Waals surface area contributed by atoms with Gasteiger partial charge in [-0.15, -0.1) is 6.42 Å². The molecule has 4 rings (SSSR count).